The average Bonchev–Trinajstić information content (AvgIpc) is 3.09. The number of aromatic nitrogens is 2. The maximum atomic E-state index is 12.9. The molecule has 2 aromatic rings. The lowest BCUT2D eigenvalue weighted by atomic mass is 9.97. The van der Waals surface area contributed by atoms with Crippen LogP contribution in [0.4, 0.5) is 5.82 Å². The minimum absolute atomic E-state index is 0.0341. The molecule has 2 aliphatic rings. The van der Waals surface area contributed by atoms with Gasteiger partial charge in [0.25, 0.3) is 5.91 Å². The molecule has 0 bridgehead atoms. The zero-order valence-electron chi connectivity index (χ0n) is 12.0. The van der Waals surface area contributed by atoms with Gasteiger partial charge in [0, 0.05) is 5.56 Å². The molecule has 2 N–H and O–H groups in total. The minimum Gasteiger partial charge on any atom is -0.383 e. The quantitative estimate of drug-likeness (QED) is 0.874. The smallest absolute Gasteiger partial charge is 0.256 e. The van der Waals surface area contributed by atoms with Crippen molar-refractivity contribution in [1.82, 2.24) is 9.78 Å². The number of benzene rings is 1. The number of nitrogens with zero attached hydrogens (tertiary/aromatic N) is 2. The summed E-state index contributed by atoms with van der Waals surface area (Å²) in [5.41, 5.74) is 10.7. The van der Waals surface area contributed by atoms with Gasteiger partial charge in [0.05, 0.1) is 11.6 Å². The molecule has 0 aliphatic heterocycles. The number of carbonyl (C=O) groups excluding carboxylic acids is 1. The Morgan fingerprint density at radius 3 is 2.86 bits per heavy atom. The van der Waals surface area contributed by atoms with Crippen LogP contribution in [0.3, 0.4) is 0 Å². The van der Waals surface area contributed by atoms with E-state index >= 15 is 0 Å². The lowest BCUT2D eigenvalue weighted by Gasteiger charge is -2.11. The first-order valence-electron chi connectivity index (χ1n) is 7.74. The number of anilines is 1. The molecule has 0 saturated carbocycles. The number of rotatable bonds is 1. The molecule has 4 heteroatoms. The largest absolute Gasteiger partial charge is 0.383 e. The molecule has 0 radical (unpaired) electrons. The third kappa shape index (κ3) is 1.89. The number of nitrogens with two attached hydrogens (primary N) is 1. The van der Waals surface area contributed by atoms with Crippen LogP contribution >= 0.6 is 0 Å². The maximum Gasteiger partial charge on any atom is 0.256 e. The summed E-state index contributed by atoms with van der Waals surface area (Å²) in [7, 11) is 0. The number of fused-ring (bicyclic) bond motifs is 2. The first-order valence-corrected chi connectivity index (χ1v) is 7.74. The Balaban J connectivity index is 1.72. The fourth-order valence-electron chi connectivity index (χ4n) is 3.71. The molecule has 0 saturated heterocycles. The monoisotopic (exact) mass is 281 g/mol. The Morgan fingerprint density at radius 2 is 2.00 bits per heavy atom. The summed E-state index contributed by atoms with van der Waals surface area (Å²) < 4.78 is 1.47. The Bertz CT molecular complexity index is 717. The molecule has 2 aliphatic carbocycles. The van der Waals surface area contributed by atoms with Crippen LogP contribution in [-0.2, 0) is 19.3 Å². The molecule has 1 atom stereocenters. The predicted octanol–water partition coefficient (Wildman–Crippen LogP) is 2.71. The fourth-order valence-corrected chi connectivity index (χ4v) is 3.71. The third-order valence-corrected chi connectivity index (χ3v) is 4.84. The second kappa shape index (κ2) is 4.72. The van der Waals surface area contributed by atoms with Crippen LogP contribution in [0.1, 0.15) is 52.4 Å². The molecule has 4 nitrogen and oxygen atoms in total. The van der Waals surface area contributed by atoms with E-state index in [1.807, 2.05) is 12.1 Å². The van der Waals surface area contributed by atoms with E-state index in [9.17, 15) is 4.79 Å². The van der Waals surface area contributed by atoms with E-state index in [4.69, 9.17) is 5.73 Å². The second-order valence-electron chi connectivity index (χ2n) is 6.06. The molecule has 1 aromatic heterocycles. The summed E-state index contributed by atoms with van der Waals surface area (Å²) in [6, 6.07) is 8.21. The lowest BCUT2D eigenvalue weighted by Crippen LogP contribution is -2.21. The van der Waals surface area contributed by atoms with Gasteiger partial charge in [0.2, 0.25) is 0 Å². The van der Waals surface area contributed by atoms with Gasteiger partial charge in [0.15, 0.2) is 0 Å². The Kier molecular flexibility index (Phi) is 2.84. The summed E-state index contributed by atoms with van der Waals surface area (Å²) in [6.45, 7) is 0. The summed E-state index contributed by atoms with van der Waals surface area (Å²) in [4.78, 5) is 12.9. The normalized spacial score (nSPS) is 20.1. The van der Waals surface area contributed by atoms with Crippen molar-refractivity contribution >= 4 is 11.7 Å². The van der Waals surface area contributed by atoms with Gasteiger partial charge in [-0.2, -0.15) is 9.78 Å². The zero-order valence-corrected chi connectivity index (χ0v) is 12.0. The molecule has 0 fully saturated rings. The number of carbonyl (C=O) groups is 1. The molecule has 1 aromatic carbocycles. The summed E-state index contributed by atoms with van der Waals surface area (Å²) >= 11 is 0. The van der Waals surface area contributed by atoms with Gasteiger partial charge in [-0.15, -0.1) is 0 Å². The molecule has 0 amide bonds. The molecule has 21 heavy (non-hydrogen) atoms. The lowest BCUT2D eigenvalue weighted by molar-refractivity contribution is 0.0864. The van der Waals surface area contributed by atoms with E-state index < -0.39 is 0 Å². The van der Waals surface area contributed by atoms with E-state index in [2.05, 4.69) is 17.2 Å². The van der Waals surface area contributed by atoms with Gasteiger partial charge in [-0.05, 0) is 49.7 Å². The maximum absolute atomic E-state index is 12.9. The first-order chi connectivity index (χ1) is 10.3. The second-order valence-corrected chi connectivity index (χ2v) is 6.06. The van der Waals surface area contributed by atoms with Crippen LogP contribution < -0.4 is 5.73 Å². The molecule has 4 rings (SSSR count). The van der Waals surface area contributed by atoms with Gasteiger partial charge < -0.3 is 5.73 Å². The molecule has 108 valence electrons. The number of hydrogen-bond donors (Lipinski definition) is 1. The van der Waals surface area contributed by atoms with Crippen molar-refractivity contribution in [1.29, 1.82) is 0 Å². The van der Waals surface area contributed by atoms with E-state index in [0.717, 1.165) is 55.3 Å². The average molecular weight is 281 g/mol. The van der Waals surface area contributed by atoms with E-state index in [1.54, 1.807) is 0 Å². The molecular formula is C17H19N3O. The first kappa shape index (κ1) is 12.6. The minimum atomic E-state index is -0.0927. The SMILES string of the molecule is Nc1c2c(nn1C(=O)C1CCc3ccccc31)CCCC2. The van der Waals surface area contributed by atoms with Gasteiger partial charge in [-0.3, -0.25) is 4.79 Å². The highest BCUT2D eigenvalue weighted by Crippen LogP contribution is 2.35. The molecule has 0 spiro atoms. The van der Waals surface area contributed by atoms with Crippen LogP contribution in [-0.4, -0.2) is 15.7 Å². The highest BCUT2D eigenvalue weighted by atomic mass is 16.2. The van der Waals surface area contributed by atoms with Gasteiger partial charge >= 0.3 is 0 Å². The Labute approximate surface area is 124 Å². The van der Waals surface area contributed by atoms with Crippen LogP contribution in [0.5, 0.6) is 0 Å². The van der Waals surface area contributed by atoms with E-state index in [-0.39, 0.29) is 11.8 Å². The predicted molar refractivity (Wildman–Crippen MR) is 81.4 cm³/mol. The van der Waals surface area contributed by atoms with Crippen LogP contribution in [0.15, 0.2) is 24.3 Å². The van der Waals surface area contributed by atoms with Crippen LogP contribution in [0.25, 0.3) is 0 Å². The molecule has 1 unspecified atom stereocenters. The topological polar surface area (TPSA) is 60.9 Å². The number of hydrogen-bond acceptors (Lipinski definition) is 3. The highest BCUT2D eigenvalue weighted by Gasteiger charge is 2.32. The van der Waals surface area contributed by atoms with E-state index in [0.29, 0.717) is 5.82 Å². The van der Waals surface area contributed by atoms with E-state index in [1.165, 1.54) is 10.2 Å². The zero-order chi connectivity index (χ0) is 14.4. The van der Waals surface area contributed by atoms with Gasteiger partial charge in [-0.1, -0.05) is 24.3 Å². The van der Waals surface area contributed by atoms with Gasteiger partial charge in [-0.25, -0.2) is 0 Å². The van der Waals surface area contributed by atoms with Crippen molar-refractivity contribution in [2.45, 2.75) is 44.4 Å². The summed E-state index contributed by atoms with van der Waals surface area (Å²) in [5.74, 6) is 0.510. The van der Waals surface area contributed by atoms with Crippen molar-refractivity contribution in [2.75, 3.05) is 5.73 Å². The van der Waals surface area contributed by atoms with Gasteiger partial charge in [0.1, 0.15) is 5.82 Å². The summed E-state index contributed by atoms with van der Waals surface area (Å²) in [5, 5.41) is 4.51. The number of nitrogen functional groups attached to an aromatic ring is 1. The van der Waals surface area contributed by atoms with Crippen LogP contribution in [0, 0.1) is 0 Å². The number of aryl methyl sites for hydroxylation is 2. The standard InChI is InChI=1S/C17H19N3O/c18-16-14-7-3-4-8-15(14)19-20(16)17(21)13-10-9-11-5-1-2-6-12(11)13/h1-2,5-6,13H,3-4,7-10,18H2. The Hall–Kier alpha value is -2.10. The highest BCUT2D eigenvalue weighted by molar-refractivity contribution is 5.89. The Morgan fingerprint density at radius 1 is 1.19 bits per heavy atom. The van der Waals surface area contributed by atoms with Crippen molar-refractivity contribution in [3.8, 4) is 0 Å². The van der Waals surface area contributed by atoms with Crippen molar-refractivity contribution in [3.63, 3.8) is 0 Å². The molecular weight excluding hydrogens is 262 g/mol. The van der Waals surface area contributed by atoms with Crippen molar-refractivity contribution in [2.24, 2.45) is 0 Å². The third-order valence-electron chi connectivity index (χ3n) is 4.84. The van der Waals surface area contributed by atoms with Crippen molar-refractivity contribution < 1.29 is 4.79 Å². The fraction of sp³-hybridized carbons (Fsp3) is 0.412. The van der Waals surface area contributed by atoms with Crippen LogP contribution in [0.2, 0.25) is 0 Å². The molecule has 1 heterocycles. The summed E-state index contributed by atoms with van der Waals surface area (Å²) in [6.07, 6.45) is 6.01. The van der Waals surface area contributed by atoms with Crippen molar-refractivity contribution in [3.05, 3.63) is 46.6 Å².